The Kier molecular flexibility index (Phi) is 6.24. The van der Waals surface area contributed by atoms with Crippen molar-refractivity contribution in [2.75, 3.05) is 0 Å². The Morgan fingerprint density at radius 1 is 1.31 bits per heavy atom. The zero-order chi connectivity index (χ0) is 10.1. The van der Waals surface area contributed by atoms with Crippen LogP contribution in [0.1, 0.15) is 13.3 Å². The zero-order valence-electron chi connectivity index (χ0n) is 7.86. The predicted octanol–water partition coefficient (Wildman–Crippen LogP) is 2.11. The van der Waals surface area contributed by atoms with Crippen molar-refractivity contribution in [1.29, 1.82) is 0 Å². The lowest BCUT2D eigenvalue weighted by molar-refractivity contribution is -0.114. The molecule has 0 saturated carbocycles. The third-order valence-corrected chi connectivity index (χ3v) is 1.46. The van der Waals surface area contributed by atoms with Crippen molar-refractivity contribution in [1.82, 2.24) is 0 Å². The molecule has 1 amide bonds. The van der Waals surface area contributed by atoms with E-state index in [1.165, 1.54) is 0 Å². The molecule has 0 aromatic carbocycles. The Labute approximate surface area is 79.1 Å². The summed E-state index contributed by atoms with van der Waals surface area (Å²) in [5.41, 5.74) is 5.74. The number of carbonyl (C=O) groups is 1. The highest BCUT2D eigenvalue weighted by atomic mass is 16.1. The van der Waals surface area contributed by atoms with Gasteiger partial charge in [0.25, 0.3) is 0 Å². The van der Waals surface area contributed by atoms with Gasteiger partial charge in [-0.15, -0.1) is 0 Å². The molecule has 2 nitrogen and oxygen atoms in total. The Hall–Kier alpha value is -1.57. The summed E-state index contributed by atoms with van der Waals surface area (Å²) in [7, 11) is 0. The summed E-state index contributed by atoms with van der Waals surface area (Å²) >= 11 is 0. The molecule has 2 heteroatoms. The van der Waals surface area contributed by atoms with E-state index in [1.807, 2.05) is 19.1 Å². The van der Waals surface area contributed by atoms with Crippen LogP contribution in [0.4, 0.5) is 0 Å². The van der Waals surface area contributed by atoms with Crippen LogP contribution in [0.5, 0.6) is 0 Å². The molecule has 2 N–H and O–H groups in total. The number of primary amides is 1. The van der Waals surface area contributed by atoms with E-state index >= 15 is 0 Å². The van der Waals surface area contributed by atoms with Crippen LogP contribution in [-0.2, 0) is 4.79 Å². The summed E-state index contributed by atoms with van der Waals surface area (Å²) in [6.07, 6.45) is 11.3. The van der Waals surface area contributed by atoms with E-state index in [9.17, 15) is 4.79 Å². The summed E-state index contributed by atoms with van der Waals surface area (Å²) in [6.45, 7) is 5.42. The van der Waals surface area contributed by atoms with Gasteiger partial charge >= 0.3 is 0 Å². The maximum absolute atomic E-state index is 10.7. The van der Waals surface area contributed by atoms with Crippen LogP contribution in [0, 0.1) is 0 Å². The zero-order valence-corrected chi connectivity index (χ0v) is 7.86. The number of carbonyl (C=O) groups excluding carboxylic acids is 1. The summed E-state index contributed by atoms with van der Waals surface area (Å²) in [6, 6.07) is 0. The maximum atomic E-state index is 10.7. The number of allylic oxidation sites excluding steroid dienone is 6. The van der Waals surface area contributed by atoms with Crippen molar-refractivity contribution >= 4 is 5.91 Å². The second-order valence-electron chi connectivity index (χ2n) is 2.42. The van der Waals surface area contributed by atoms with Gasteiger partial charge in [-0.1, -0.05) is 50.0 Å². The molecule has 0 aliphatic carbocycles. The van der Waals surface area contributed by atoms with E-state index in [0.717, 1.165) is 0 Å². The smallest absolute Gasteiger partial charge is 0.244 e. The largest absolute Gasteiger partial charge is 0.366 e. The third-order valence-electron chi connectivity index (χ3n) is 1.46. The average molecular weight is 177 g/mol. The molecule has 0 unspecified atom stereocenters. The molecule has 0 heterocycles. The first-order valence-corrected chi connectivity index (χ1v) is 4.17. The predicted molar refractivity (Wildman–Crippen MR) is 56.0 cm³/mol. The summed E-state index contributed by atoms with van der Waals surface area (Å²) in [4.78, 5) is 10.7. The van der Waals surface area contributed by atoms with E-state index in [0.29, 0.717) is 12.0 Å². The highest BCUT2D eigenvalue weighted by Crippen LogP contribution is 1.98. The lowest BCUT2D eigenvalue weighted by Gasteiger charge is -1.93. The number of rotatable bonds is 5. The number of nitrogens with two attached hydrogens (primary N) is 1. The van der Waals surface area contributed by atoms with Gasteiger partial charge in [0.05, 0.1) is 0 Å². The minimum Gasteiger partial charge on any atom is -0.366 e. The number of amides is 1. The van der Waals surface area contributed by atoms with Crippen LogP contribution in [0.2, 0.25) is 0 Å². The maximum Gasteiger partial charge on any atom is 0.244 e. The lowest BCUT2D eigenvalue weighted by atomic mass is 10.2. The van der Waals surface area contributed by atoms with Crippen molar-refractivity contribution in [3.63, 3.8) is 0 Å². The molecule has 0 saturated heterocycles. The van der Waals surface area contributed by atoms with Crippen molar-refractivity contribution < 1.29 is 4.79 Å². The Morgan fingerprint density at radius 3 is 2.38 bits per heavy atom. The van der Waals surface area contributed by atoms with Gasteiger partial charge in [-0.25, -0.2) is 0 Å². The lowest BCUT2D eigenvalue weighted by Crippen LogP contribution is -2.12. The van der Waals surface area contributed by atoms with Gasteiger partial charge in [0, 0.05) is 5.57 Å². The molecule has 0 bridgehead atoms. The van der Waals surface area contributed by atoms with Gasteiger partial charge in [0.2, 0.25) is 5.91 Å². The Morgan fingerprint density at radius 2 is 1.92 bits per heavy atom. The standard InChI is InChI=1S/C11H15NO/c1-3-5-6-7-8-9-10(4-2)11(12)13/h3,5-9H,1,4H2,2H3,(H2,12,13). The van der Waals surface area contributed by atoms with Crippen LogP contribution in [-0.4, -0.2) is 5.91 Å². The van der Waals surface area contributed by atoms with Crippen LogP contribution < -0.4 is 5.73 Å². The van der Waals surface area contributed by atoms with Crippen molar-refractivity contribution in [2.24, 2.45) is 5.73 Å². The van der Waals surface area contributed by atoms with Gasteiger partial charge in [-0.05, 0) is 6.42 Å². The Balaban J connectivity index is 4.21. The third kappa shape index (κ3) is 5.67. The molecular formula is C11H15NO. The van der Waals surface area contributed by atoms with E-state index < -0.39 is 0 Å². The van der Waals surface area contributed by atoms with E-state index in [4.69, 9.17) is 5.73 Å². The molecular weight excluding hydrogens is 162 g/mol. The molecule has 0 fully saturated rings. The SMILES string of the molecule is C=CC=CC=CC=C(CC)C(N)=O. The fraction of sp³-hybridized carbons (Fsp3) is 0.182. The number of hydrogen-bond acceptors (Lipinski definition) is 1. The molecule has 0 aromatic heterocycles. The molecule has 0 radical (unpaired) electrons. The van der Waals surface area contributed by atoms with Gasteiger partial charge < -0.3 is 5.73 Å². The summed E-state index contributed by atoms with van der Waals surface area (Å²) in [5, 5.41) is 0. The van der Waals surface area contributed by atoms with Gasteiger partial charge in [0.1, 0.15) is 0 Å². The topological polar surface area (TPSA) is 43.1 Å². The monoisotopic (exact) mass is 177 g/mol. The molecule has 0 atom stereocenters. The summed E-state index contributed by atoms with van der Waals surface area (Å²) in [5.74, 6) is -0.361. The minimum atomic E-state index is -0.361. The van der Waals surface area contributed by atoms with Crippen molar-refractivity contribution in [3.05, 3.63) is 48.6 Å². The second-order valence-corrected chi connectivity index (χ2v) is 2.42. The molecule has 0 rings (SSSR count). The summed E-state index contributed by atoms with van der Waals surface area (Å²) < 4.78 is 0. The van der Waals surface area contributed by atoms with Gasteiger partial charge in [0.15, 0.2) is 0 Å². The first kappa shape index (κ1) is 11.4. The first-order valence-electron chi connectivity index (χ1n) is 4.17. The average Bonchev–Trinajstić information content (AvgIpc) is 2.10. The molecule has 0 aliphatic rings. The first-order chi connectivity index (χ1) is 6.22. The van der Waals surface area contributed by atoms with Gasteiger partial charge in [-0.2, -0.15) is 0 Å². The second kappa shape index (κ2) is 7.10. The van der Waals surface area contributed by atoms with Crippen LogP contribution in [0.3, 0.4) is 0 Å². The molecule has 0 aromatic rings. The van der Waals surface area contributed by atoms with E-state index in [1.54, 1.807) is 24.3 Å². The van der Waals surface area contributed by atoms with E-state index in [2.05, 4.69) is 6.58 Å². The fourth-order valence-electron chi connectivity index (χ4n) is 0.753. The normalized spacial score (nSPS) is 12.5. The molecule has 0 spiro atoms. The van der Waals surface area contributed by atoms with Crippen molar-refractivity contribution in [2.45, 2.75) is 13.3 Å². The van der Waals surface area contributed by atoms with Crippen LogP contribution in [0.25, 0.3) is 0 Å². The van der Waals surface area contributed by atoms with Crippen LogP contribution in [0.15, 0.2) is 48.6 Å². The minimum absolute atomic E-state index is 0.361. The molecule has 0 aliphatic heterocycles. The van der Waals surface area contributed by atoms with Crippen LogP contribution >= 0.6 is 0 Å². The van der Waals surface area contributed by atoms with E-state index in [-0.39, 0.29) is 5.91 Å². The van der Waals surface area contributed by atoms with Gasteiger partial charge in [-0.3, -0.25) is 4.79 Å². The highest BCUT2D eigenvalue weighted by molar-refractivity contribution is 5.92. The quantitative estimate of drug-likeness (QED) is 0.507. The molecule has 13 heavy (non-hydrogen) atoms. The molecule has 70 valence electrons. The van der Waals surface area contributed by atoms with Crippen molar-refractivity contribution in [3.8, 4) is 0 Å². The fourth-order valence-corrected chi connectivity index (χ4v) is 0.753. The number of hydrogen-bond donors (Lipinski definition) is 1. The highest BCUT2D eigenvalue weighted by Gasteiger charge is 1.97. The Bertz CT molecular complexity index is 259.